The van der Waals surface area contributed by atoms with Crippen molar-refractivity contribution in [1.82, 2.24) is 0 Å². The molecular formula is C18H21N. The molecule has 1 heterocycles. The molecule has 2 aromatic rings. The van der Waals surface area contributed by atoms with E-state index in [4.69, 9.17) is 0 Å². The summed E-state index contributed by atoms with van der Waals surface area (Å²) in [6.45, 7) is 4.36. The van der Waals surface area contributed by atoms with Gasteiger partial charge in [0.05, 0.1) is 0 Å². The first kappa shape index (κ1) is 12.3. The van der Waals surface area contributed by atoms with Crippen LogP contribution in [-0.2, 0) is 12.8 Å². The third kappa shape index (κ3) is 2.81. The van der Waals surface area contributed by atoms with E-state index in [0.717, 1.165) is 6.42 Å². The zero-order valence-electron chi connectivity index (χ0n) is 11.7. The average molecular weight is 251 g/mol. The van der Waals surface area contributed by atoms with E-state index in [1.165, 1.54) is 40.8 Å². The fraction of sp³-hybridized carbons (Fsp3) is 0.333. The van der Waals surface area contributed by atoms with Crippen LogP contribution >= 0.6 is 0 Å². The lowest BCUT2D eigenvalue weighted by Crippen LogP contribution is -2.27. The Hall–Kier alpha value is -1.76. The van der Waals surface area contributed by atoms with Gasteiger partial charge in [0.25, 0.3) is 0 Å². The van der Waals surface area contributed by atoms with Gasteiger partial charge in [-0.05, 0) is 50.3 Å². The summed E-state index contributed by atoms with van der Waals surface area (Å²) in [5, 5.41) is 3.68. The molecule has 1 aliphatic rings. The van der Waals surface area contributed by atoms with Crippen LogP contribution in [0.1, 0.15) is 28.7 Å². The van der Waals surface area contributed by atoms with E-state index in [1.807, 2.05) is 0 Å². The minimum Gasteiger partial charge on any atom is -0.382 e. The van der Waals surface area contributed by atoms with Gasteiger partial charge < -0.3 is 5.32 Å². The molecule has 0 fully saturated rings. The minimum absolute atomic E-state index is 0.566. The number of para-hydroxylation sites is 1. The van der Waals surface area contributed by atoms with Gasteiger partial charge in [0.2, 0.25) is 0 Å². The van der Waals surface area contributed by atoms with Crippen LogP contribution in [0, 0.1) is 13.8 Å². The predicted molar refractivity (Wildman–Crippen MR) is 81.8 cm³/mol. The summed E-state index contributed by atoms with van der Waals surface area (Å²) < 4.78 is 0. The molecule has 0 bridgehead atoms. The first-order valence-electron chi connectivity index (χ1n) is 7.12. The molecule has 98 valence electrons. The molecule has 0 amide bonds. The Kier molecular flexibility index (Phi) is 3.29. The van der Waals surface area contributed by atoms with Gasteiger partial charge in [-0.25, -0.2) is 0 Å². The van der Waals surface area contributed by atoms with Crippen molar-refractivity contribution in [3.63, 3.8) is 0 Å². The largest absolute Gasteiger partial charge is 0.382 e. The van der Waals surface area contributed by atoms with Crippen molar-refractivity contribution in [2.45, 2.75) is 39.2 Å². The molecule has 0 saturated carbocycles. The number of benzene rings is 2. The standard InChI is InChI=1S/C18H21N/c1-13-9-14(2)11-15(10-13)12-17-8-7-16-5-3-4-6-18(16)19-17/h3-6,9-11,17,19H,7-8,12H2,1-2H3. The van der Waals surface area contributed by atoms with Gasteiger partial charge in [-0.1, -0.05) is 47.5 Å². The van der Waals surface area contributed by atoms with Crippen molar-refractivity contribution in [1.29, 1.82) is 0 Å². The number of hydrogen-bond acceptors (Lipinski definition) is 1. The van der Waals surface area contributed by atoms with Crippen molar-refractivity contribution < 1.29 is 0 Å². The van der Waals surface area contributed by atoms with Crippen LogP contribution in [0.2, 0.25) is 0 Å². The first-order valence-corrected chi connectivity index (χ1v) is 7.12. The molecule has 1 aliphatic heterocycles. The van der Waals surface area contributed by atoms with Crippen molar-refractivity contribution in [3.8, 4) is 0 Å². The Balaban J connectivity index is 1.75. The van der Waals surface area contributed by atoms with Gasteiger partial charge in [-0.2, -0.15) is 0 Å². The molecule has 0 spiro atoms. The van der Waals surface area contributed by atoms with E-state index in [1.54, 1.807) is 0 Å². The van der Waals surface area contributed by atoms with Crippen molar-refractivity contribution in [2.75, 3.05) is 5.32 Å². The molecule has 19 heavy (non-hydrogen) atoms. The monoisotopic (exact) mass is 251 g/mol. The van der Waals surface area contributed by atoms with Gasteiger partial charge in [-0.3, -0.25) is 0 Å². The van der Waals surface area contributed by atoms with Gasteiger partial charge >= 0.3 is 0 Å². The topological polar surface area (TPSA) is 12.0 Å². The highest BCUT2D eigenvalue weighted by molar-refractivity contribution is 5.54. The lowest BCUT2D eigenvalue weighted by molar-refractivity contribution is 0.628. The lowest BCUT2D eigenvalue weighted by Gasteiger charge is -2.27. The minimum atomic E-state index is 0.566. The maximum atomic E-state index is 3.68. The van der Waals surface area contributed by atoms with Crippen molar-refractivity contribution in [2.24, 2.45) is 0 Å². The Bertz CT molecular complexity index is 566. The number of anilines is 1. The van der Waals surface area contributed by atoms with Crippen LogP contribution < -0.4 is 5.32 Å². The molecule has 2 aromatic carbocycles. The van der Waals surface area contributed by atoms with E-state index in [2.05, 4.69) is 61.6 Å². The molecule has 0 aromatic heterocycles. The Morgan fingerprint density at radius 1 is 1.05 bits per heavy atom. The van der Waals surface area contributed by atoms with Crippen LogP contribution in [0.15, 0.2) is 42.5 Å². The smallest absolute Gasteiger partial charge is 0.0374 e. The summed E-state index contributed by atoms with van der Waals surface area (Å²) in [4.78, 5) is 0. The first-order chi connectivity index (χ1) is 9.20. The average Bonchev–Trinajstić information content (AvgIpc) is 2.37. The molecule has 1 heteroatoms. The predicted octanol–water partition coefficient (Wildman–Crippen LogP) is 4.27. The van der Waals surface area contributed by atoms with E-state index in [-0.39, 0.29) is 0 Å². The van der Waals surface area contributed by atoms with E-state index >= 15 is 0 Å². The van der Waals surface area contributed by atoms with Crippen LogP contribution in [0.4, 0.5) is 5.69 Å². The van der Waals surface area contributed by atoms with E-state index in [0.29, 0.717) is 6.04 Å². The Morgan fingerprint density at radius 2 is 1.79 bits per heavy atom. The quantitative estimate of drug-likeness (QED) is 0.840. The summed E-state index contributed by atoms with van der Waals surface area (Å²) in [6.07, 6.45) is 3.54. The number of rotatable bonds is 2. The highest BCUT2D eigenvalue weighted by Crippen LogP contribution is 2.26. The highest BCUT2D eigenvalue weighted by Gasteiger charge is 2.17. The number of nitrogens with one attached hydrogen (secondary N) is 1. The van der Waals surface area contributed by atoms with E-state index in [9.17, 15) is 0 Å². The van der Waals surface area contributed by atoms with Gasteiger partial charge in [0, 0.05) is 11.7 Å². The van der Waals surface area contributed by atoms with Crippen molar-refractivity contribution in [3.05, 3.63) is 64.7 Å². The summed E-state index contributed by atoms with van der Waals surface area (Å²) in [5.74, 6) is 0. The zero-order chi connectivity index (χ0) is 13.2. The summed E-state index contributed by atoms with van der Waals surface area (Å²) in [7, 11) is 0. The second kappa shape index (κ2) is 5.08. The molecule has 0 radical (unpaired) electrons. The Morgan fingerprint density at radius 3 is 2.58 bits per heavy atom. The fourth-order valence-electron chi connectivity index (χ4n) is 3.13. The highest BCUT2D eigenvalue weighted by atomic mass is 14.9. The Labute approximate surface area is 115 Å². The SMILES string of the molecule is Cc1cc(C)cc(CC2CCc3ccccc3N2)c1. The molecule has 0 aliphatic carbocycles. The maximum absolute atomic E-state index is 3.68. The number of hydrogen-bond donors (Lipinski definition) is 1. The van der Waals surface area contributed by atoms with Crippen LogP contribution in [0.5, 0.6) is 0 Å². The van der Waals surface area contributed by atoms with Crippen LogP contribution in [0.3, 0.4) is 0 Å². The van der Waals surface area contributed by atoms with Crippen molar-refractivity contribution >= 4 is 5.69 Å². The fourth-order valence-corrected chi connectivity index (χ4v) is 3.13. The van der Waals surface area contributed by atoms with Gasteiger partial charge in [0.1, 0.15) is 0 Å². The molecule has 1 nitrogen and oxygen atoms in total. The molecular weight excluding hydrogens is 230 g/mol. The molecule has 0 saturated heterocycles. The van der Waals surface area contributed by atoms with Crippen LogP contribution in [0.25, 0.3) is 0 Å². The van der Waals surface area contributed by atoms with E-state index < -0.39 is 0 Å². The molecule has 1 unspecified atom stereocenters. The second-order valence-electron chi connectivity index (χ2n) is 5.74. The molecule has 1 atom stereocenters. The number of fused-ring (bicyclic) bond motifs is 1. The summed E-state index contributed by atoms with van der Waals surface area (Å²) >= 11 is 0. The zero-order valence-corrected chi connectivity index (χ0v) is 11.7. The normalized spacial score (nSPS) is 17.7. The third-order valence-electron chi connectivity index (χ3n) is 3.90. The maximum Gasteiger partial charge on any atom is 0.0374 e. The van der Waals surface area contributed by atoms with Gasteiger partial charge in [-0.15, -0.1) is 0 Å². The second-order valence-corrected chi connectivity index (χ2v) is 5.74. The third-order valence-corrected chi connectivity index (χ3v) is 3.90. The molecule has 3 rings (SSSR count). The summed E-state index contributed by atoms with van der Waals surface area (Å²) in [5.41, 5.74) is 6.97. The molecule has 1 N–H and O–H groups in total. The summed E-state index contributed by atoms with van der Waals surface area (Å²) in [6, 6.07) is 16.1. The number of aryl methyl sites for hydroxylation is 3. The lowest BCUT2D eigenvalue weighted by atomic mass is 9.93. The van der Waals surface area contributed by atoms with Gasteiger partial charge in [0.15, 0.2) is 0 Å². The van der Waals surface area contributed by atoms with Crippen LogP contribution in [-0.4, -0.2) is 6.04 Å².